The van der Waals surface area contributed by atoms with Gasteiger partial charge in [-0.1, -0.05) is 26.0 Å². The number of para-hydroxylation sites is 2. The van der Waals surface area contributed by atoms with Crippen molar-refractivity contribution in [3.05, 3.63) is 82.5 Å². The largest absolute Gasteiger partial charge is 0.494 e. The zero-order valence-corrected chi connectivity index (χ0v) is 19.4. The molecular weight excluding hydrogens is 434 g/mol. The van der Waals surface area contributed by atoms with Gasteiger partial charge in [-0.25, -0.2) is 4.98 Å². The van der Waals surface area contributed by atoms with Crippen molar-refractivity contribution in [2.75, 3.05) is 11.9 Å². The second kappa shape index (κ2) is 10.2. The molecule has 0 aliphatic rings. The Morgan fingerprint density at radius 1 is 1.09 bits per heavy atom. The van der Waals surface area contributed by atoms with E-state index in [-0.39, 0.29) is 18.1 Å². The van der Waals surface area contributed by atoms with Crippen LogP contribution in [0.15, 0.2) is 65.7 Å². The summed E-state index contributed by atoms with van der Waals surface area (Å²) in [5, 5.41) is 2.87. The molecule has 0 atom stereocenters. The van der Waals surface area contributed by atoms with Crippen LogP contribution in [0.2, 0.25) is 0 Å². The summed E-state index contributed by atoms with van der Waals surface area (Å²) in [5.74, 6) is 1.59. The van der Waals surface area contributed by atoms with E-state index in [1.54, 1.807) is 59.5 Å². The minimum absolute atomic E-state index is 0.0543. The molecule has 4 aromatic rings. The zero-order valence-electron chi connectivity index (χ0n) is 19.4. The summed E-state index contributed by atoms with van der Waals surface area (Å²) >= 11 is 0. The molecule has 2 heterocycles. The van der Waals surface area contributed by atoms with Crippen LogP contribution >= 0.6 is 0 Å². The molecule has 0 spiro atoms. The first-order valence-corrected chi connectivity index (χ1v) is 11.1. The highest BCUT2D eigenvalue weighted by Gasteiger charge is 2.13. The summed E-state index contributed by atoms with van der Waals surface area (Å²) in [6, 6.07) is 15.5. The van der Waals surface area contributed by atoms with Gasteiger partial charge in [-0.15, -0.1) is 0 Å². The molecule has 176 valence electrons. The van der Waals surface area contributed by atoms with Crippen LogP contribution in [0.5, 0.6) is 11.5 Å². The van der Waals surface area contributed by atoms with Crippen molar-refractivity contribution in [2.45, 2.75) is 33.9 Å². The molecule has 0 saturated carbocycles. The highest BCUT2D eigenvalue weighted by molar-refractivity contribution is 6.05. The van der Waals surface area contributed by atoms with Gasteiger partial charge in [0.1, 0.15) is 24.4 Å². The maximum absolute atomic E-state index is 12.7. The highest BCUT2D eigenvalue weighted by Crippen LogP contribution is 2.25. The first kappa shape index (κ1) is 23.0. The molecule has 0 aliphatic carbocycles. The lowest BCUT2D eigenvalue weighted by Gasteiger charge is -2.13. The molecule has 4 rings (SSSR count). The van der Waals surface area contributed by atoms with Crippen LogP contribution < -0.4 is 20.3 Å². The van der Waals surface area contributed by atoms with Crippen molar-refractivity contribution in [1.29, 1.82) is 0 Å². The summed E-state index contributed by atoms with van der Waals surface area (Å²) in [6.07, 6.45) is 1.61. The van der Waals surface area contributed by atoms with E-state index in [0.717, 1.165) is 0 Å². The maximum Gasteiger partial charge on any atom is 0.274 e. The molecule has 2 aromatic heterocycles. The van der Waals surface area contributed by atoms with Gasteiger partial charge in [0.15, 0.2) is 0 Å². The normalized spacial score (nSPS) is 11.1. The van der Waals surface area contributed by atoms with Gasteiger partial charge in [0.25, 0.3) is 17.2 Å². The number of carbonyl (C=O) groups excluding carboxylic acids is 1. The van der Waals surface area contributed by atoms with Gasteiger partial charge < -0.3 is 14.8 Å². The molecule has 0 aliphatic heterocycles. The van der Waals surface area contributed by atoms with E-state index in [9.17, 15) is 9.59 Å². The number of aromatic nitrogens is 4. The van der Waals surface area contributed by atoms with Gasteiger partial charge in [0.2, 0.25) is 0 Å². The van der Waals surface area contributed by atoms with Crippen LogP contribution in [0.1, 0.15) is 36.8 Å². The fourth-order valence-corrected chi connectivity index (χ4v) is 3.49. The van der Waals surface area contributed by atoms with E-state index in [0.29, 0.717) is 53.3 Å². The molecule has 0 unspecified atom stereocenters. The smallest absolute Gasteiger partial charge is 0.274 e. The third-order valence-corrected chi connectivity index (χ3v) is 4.99. The monoisotopic (exact) mass is 461 g/mol. The van der Waals surface area contributed by atoms with Crippen molar-refractivity contribution >= 4 is 17.4 Å². The van der Waals surface area contributed by atoms with Gasteiger partial charge >= 0.3 is 0 Å². The Hall–Kier alpha value is -4.14. The summed E-state index contributed by atoms with van der Waals surface area (Å²) in [4.78, 5) is 34.1. The standard InChI is InChI=1S/C25H27N5O4/c1-4-33-20-11-9-18(10-12-20)24(32)28-21-7-5-6-8-22(21)34-15-19-13-23(31)30-25(27-19)26-16-29(30)14-17(2)3/h5-13,16-17H,4,14-15H2,1-3H3,(H,28,32). The molecule has 1 N–H and O–H groups in total. The summed E-state index contributed by atoms with van der Waals surface area (Å²) in [5.41, 5.74) is 1.24. The van der Waals surface area contributed by atoms with Crippen molar-refractivity contribution in [1.82, 2.24) is 19.2 Å². The Bertz CT molecular complexity index is 1340. The van der Waals surface area contributed by atoms with E-state index in [2.05, 4.69) is 29.1 Å². The van der Waals surface area contributed by atoms with Crippen LogP contribution in [-0.2, 0) is 13.2 Å². The van der Waals surface area contributed by atoms with Crippen molar-refractivity contribution in [3.63, 3.8) is 0 Å². The number of amides is 1. The first-order chi connectivity index (χ1) is 16.4. The number of nitrogens with one attached hydrogen (secondary N) is 1. The Labute approximate surface area is 197 Å². The number of carbonyl (C=O) groups is 1. The van der Waals surface area contributed by atoms with Gasteiger partial charge in [0.05, 0.1) is 18.0 Å². The quantitative estimate of drug-likeness (QED) is 0.407. The number of anilines is 1. The van der Waals surface area contributed by atoms with Crippen LogP contribution in [0.3, 0.4) is 0 Å². The molecule has 34 heavy (non-hydrogen) atoms. The molecule has 0 bridgehead atoms. The lowest BCUT2D eigenvalue weighted by molar-refractivity contribution is 0.102. The maximum atomic E-state index is 12.7. The topological polar surface area (TPSA) is 99.7 Å². The molecule has 1 amide bonds. The zero-order chi connectivity index (χ0) is 24.1. The lowest BCUT2D eigenvalue weighted by Crippen LogP contribution is -2.23. The third kappa shape index (κ3) is 5.25. The van der Waals surface area contributed by atoms with Gasteiger partial charge in [0, 0.05) is 18.2 Å². The Kier molecular flexibility index (Phi) is 6.91. The number of nitrogens with zero attached hydrogens (tertiary/aromatic N) is 4. The van der Waals surface area contributed by atoms with E-state index < -0.39 is 0 Å². The van der Waals surface area contributed by atoms with Crippen LogP contribution in [-0.4, -0.2) is 31.7 Å². The molecule has 0 saturated heterocycles. The minimum atomic E-state index is -0.271. The predicted molar refractivity (Wildman–Crippen MR) is 128 cm³/mol. The van der Waals surface area contributed by atoms with Crippen LogP contribution in [0, 0.1) is 5.92 Å². The number of rotatable bonds is 9. The van der Waals surface area contributed by atoms with Gasteiger partial charge in [-0.05, 0) is 49.2 Å². The van der Waals surface area contributed by atoms with E-state index >= 15 is 0 Å². The third-order valence-electron chi connectivity index (χ3n) is 4.99. The molecule has 0 radical (unpaired) electrons. The average Bonchev–Trinajstić information content (AvgIpc) is 3.21. The average molecular weight is 462 g/mol. The Morgan fingerprint density at radius 3 is 2.59 bits per heavy atom. The van der Waals surface area contributed by atoms with Crippen LogP contribution in [0.25, 0.3) is 5.78 Å². The SMILES string of the molecule is CCOc1ccc(C(=O)Nc2ccccc2OCc2cc(=O)n3c(ncn3CC(C)C)n2)cc1. The van der Waals surface area contributed by atoms with Crippen molar-refractivity contribution in [2.24, 2.45) is 5.92 Å². The number of fused-ring (bicyclic) bond motifs is 1. The van der Waals surface area contributed by atoms with Crippen LogP contribution in [0.4, 0.5) is 5.69 Å². The highest BCUT2D eigenvalue weighted by atomic mass is 16.5. The lowest BCUT2D eigenvalue weighted by atomic mass is 10.2. The number of hydrogen-bond donors (Lipinski definition) is 1. The van der Waals surface area contributed by atoms with E-state index in [4.69, 9.17) is 9.47 Å². The summed E-state index contributed by atoms with van der Waals surface area (Å²) in [6.45, 7) is 7.32. The second-order valence-electron chi connectivity index (χ2n) is 8.15. The molecule has 9 nitrogen and oxygen atoms in total. The second-order valence-corrected chi connectivity index (χ2v) is 8.15. The van der Waals surface area contributed by atoms with Crippen molar-refractivity contribution < 1.29 is 14.3 Å². The fourth-order valence-electron chi connectivity index (χ4n) is 3.49. The molecule has 0 fully saturated rings. The molecule has 9 heteroatoms. The first-order valence-electron chi connectivity index (χ1n) is 11.1. The summed E-state index contributed by atoms with van der Waals surface area (Å²) < 4.78 is 14.5. The molecular formula is C25H27N5O4. The van der Waals surface area contributed by atoms with E-state index in [1.165, 1.54) is 10.6 Å². The van der Waals surface area contributed by atoms with Crippen molar-refractivity contribution in [3.8, 4) is 11.5 Å². The molecule has 2 aromatic carbocycles. The minimum Gasteiger partial charge on any atom is -0.494 e. The number of benzene rings is 2. The Balaban J connectivity index is 1.48. The van der Waals surface area contributed by atoms with Gasteiger partial charge in [-0.3, -0.25) is 14.3 Å². The summed E-state index contributed by atoms with van der Waals surface area (Å²) in [7, 11) is 0. The predicted octanol–water partition coefficient (Wildman–Crippen LogP) is 3.78. The van der Waals surface area contributed by atoms with Gasteiger partial charge in [-0.2, -0.15) is 9.50 Å². The Morgan fingerprint density at radius 2 is 1.85 bits per heavy atom. The number of ether oxygens (including phenoxy) is 2. The fraction of sp³-hybridized carbons (Fsp3) is 0.280. The number of hydrogen-bond acceptors (Lipinski definition) is 6. The van der Waals surface area contributed by atoms with E-state index in [1.807, 2.05) is 6.92 Å².